The third kappa shape index (κ3) is 4.06. The van der Waals surface area contributed by atoms with Gasteiger partial charge in [0.05, 0.1) is 24.3 Å². The van der Waals surface area contributed by atoms with Crippen LogP contribution in [0.1, 0.15) is 29.5 Å². The lowest BCUT2D eigenvalue weighted by Gasteiger charge is -2.31. The first-order valence-electron chi connectivity index (χ1n) is 9.75. The molecule has 0 amide bonds. The van der Waals surface area contributed by atoms with Crippen LogP contribution in [0.2, 0.25) is 0 Å². The van der Waals surface area contributed by atoms with Gasteiger partial charge in [-0.3, -0.25) is 0 Å². The van der Waals surface area contributed by atoms with E-state index in [0.29, 0.717) is 36.5 Å². The van der Waals surface area contributed by atoms with Crippen LogP contribution in [0.15, 0.2) is 12.1 Å². The molecule has 0 radical (unpaired) electrons. The van der Waals surface area contributed by atoms with Gasteiger partial charge >= 0.3 is 6.18 Å². The van der Waals surface area contributed by atoms with E-state index in [9.17, 15) is 22.7 Å². The van der Waals surface area contributed by atoms with Crippen molar-refractivity contribution in [3.05, 3.63) is 34.6 Å². The highest BCUT2D eigenvalue weighted by Gasteiger charge is 2.34. The molecule has 2 aromatic rings. The molecule has 2 N–H and O–H groups in total. The van der Waals surface area contributed by atoms with Gasteiger partial charge in [-0.05, 0) is 45.0 Å². The van der Waals surface area contributed by atoms with E-state index in [0.717, 1.165) is 31.5 Å². The summed E-state index contributed by atoms with van der Waals surface area (Å²) in [6, 6.07) is 1.05. The van der Waals surface area contributed by atoms with E-state index < -0.39 is 28.9 Å². The molecule has 2 aliphatic heterocycles. The van der Waals surface area contributed by atoms with E-state index in [1.54, 1.807) is 0 Å². The number of hydrogen-bond acceptors (Lipinski definition) is 6. The summed E-state index contributed by atoms with van der Waals surface area (Å²) in [5, 5.41) is 21.9. The van der Waals surface area contributed by atoms with E-state index in [4.69, 9.17) is 4.74 Å². The Hall–Kier alpha value is -2.46. The summed E-state index contributed by atoms with van der Waals surface area (Å²) in [5.74, 6) is -1.47. The van der Waals surface area contributed by atoms with Crippen LogP contribution in [-0.4, -0.2) is 53.0 Å². The van der Waals surface area contributed by atoms with Crippen molar-refractivity contribution in [3.8, 4) is 17.0 Å². The highest BCUT2D eigenvalue weighted by atomic mass is 19.4. The minimum absolute atomic E-state index is 0.000244. The van der Waals surface area contributed by atoms with E-state index in [2.05, 4.69) is 20.4 Å². The first-order chi connectivity index (χ1) is 14.2. The summed E-state index contributed by atoms with van der Waals surface area (Å²) < 4.78 is 58.9. The molecule has 4 rings (SSSR count). The fourth-order valence-corrected chi connectivity index (χ4v) is 4.06. The molecule has 1 aromatic carbocycles. The number of hydrogen-bond donors (Lipinski definition) is 2. The van der Waals surface area contributed by atoms with Gasteiger partial charge in [0, 0.05) is 23.7 Å². The topological polar surface area (TPSA) is 70.5 Å². The number of fused-ring (bicyclic) bond motifs is 1. The van der Waals surface area contributed by atoms with Crippen molar-refractivity contribution in [1.82, 2.24) is 15.1 Å². The van der Waals surface area contributed by atoms with Gasteiger partial charge in [0.2, 0.25) is 0 Å². The Bertz CT molecular complexity index is 928. The van der Waals surface area contributed by atoms with Gasteiger partial charge in [-0.15, -0.1) is 10.2 Å². The summed E-state index contributed by atoms with van der Waals surface area (Å²) in [5.41, 5.74) is -0.352. The van der Waals surface area contributed by atoms with E-state index in [1.807, 2.05) is 7.05 Å². The number of nitrogens with one attached hydrogen (secondary N) is 1. The number of anilines is 1. The van der Waals surface area contributed by atoms with E-state index in [-0.39, 0.29) is 18.3 Å². The van der Waals surface area contributed by atoms with Gasteiger partial charge in [-0.25, -0.2) is 4.39 Å². The molecule has 3 heterocycles. The Kier molecular flexibility index (Phi) is 5.54. The van der Waals surface area contributed by atoms with Crippen LogP contribution >= 0.6 is 0 Å². The van der Waals surface area contributed by atoms with Crippen molar-refractivity contribution in [2.45, 2.75) is 38.1 Å². The van der Waals surface area contributed by atoms with Crippen LogP contribution < -0.4 is 5.32 Å². The molecule has 30 heavy (non-hydrogen) atoms. The second kappa shape index (κ2) is 7.99. The van der Waals surface area contributed by atoms with Crippen LogP contribution in [0.5, 0.6) is 5.75 Å². The van der Waals surface area contributed by atoms with Crippen molar-refractivity contribution in [2.24, 2.45) is 0 Å². The smallest absolute Gasteiger partial charge is 0.416 e. The summed E-state index contributed by atoms with van der Waals surface area (Å²) >= 11 is 0. The maximum Gasteiger partial charge on any atom is 0.416 e. The van der Waals surface area contributed by atoms with Crippen molar-refractivity contribution in [2.75, 3.05) is 32.1 Å². The number of nitrogens with zero attached hydrogens (tertiary/aromatic N) is 3. The predicted molar refractivity (Wildman–Crippen MR) is 102 cm³/mol. The van der Waals surface area contributed by atoms with Crippen LogP contribution in [0.4, 0.5) is 23.4 Å². The number of aromatic hydroxyl groups is 1. The first kappa shape index (κ1) is 20.8. The number of ether oxygens (including phenoxy) is 1. The number of rotatable bonds is 3. The van der Waals surface area contributed by atoms with Gasteiger partial charge in [0.1, 0.15) is 17.3 Å². The lowest BCUT2D eigenvalue weighted by atomic mass is 9.96. The highest BCUT2D eigenvalue weighted by Crippen LogP contribution is 2.41. The van der Waals surface area contributed by atoms with Gasteiger partial charge in [0.25, 0.3) is 0 Å². The van der Waals surface area contributed by atoms with Gasteiger partial charge in [-0.2, -0.15) is 13.2 Å². The van der Waals surface area contributed by atoms with E-state index >= 15 is 0 Å². The minimum Gasteiger partial charge on any atom is -0.507 e. The van der Waals surface area contributed by atoms with Crippen LogP contribution in [0.3, 0.4) is 0 Å². The number of likely N-dealkylation sites (tertiary alicyclic amines) is 1. The van der Waals surface area contributed by atoms with Crippen LogP contribution in [0.25, 0.3) is 11.3 Å². The largest absolute Gasteiger partial charge is 0.507 e. The number of halogens is 4. The minimum atomic E-state index is -4.77. The summed E-state index contributed by atoms with van der Waals surface area (Å²) in [4.78, 5) is 2.22. The number of phenols is 1. The van der Waals surface area contributed by atoms with Crippen molar-refractivity contribution in [1.29, 1.82) is 0 Å². The first-order valence-corrected chi connectivity index (χ1v) is 9.75. The van der Waals surface area contributed by atoms with E-state index in [1.165, 1.54) is 0 Å². The number of phenolic OH excluding ortho intramolecular Hbond substituents is 1. The van der Waals surface area contributed by atoms with Crippen molar-refractivity contribution >= 4 is 5.82 Å². The number of alkyl halides is 3. The third-order valence-electron chi connectivity index (χ3n) is 5.53. The Balaban J connectivity index is 1.74. The summed E-state index contributed by atoms with van der Waals surface area (Å²) in [7, 11) is 2.04. The zero-order valence-corrected chi connectivity index (χ0v) is 16.4. The monoisotopic (exact) mass is 426 g/mol. The summed E-state index contributed by atoms with van der Waals surface area (Å²) in [6.45, 7) is 2.43. The quantitative estimate of drug-likeness (QED) is 0.732. The Morgan fingerprint density at radius 2 is 2.03 bits per heavy atom. The average molecular weight is 426 g/mol. The number of piperidine rings is 1. The molecule has 1 fully saturated rings. The molecule has 0 saturated carbocycles. The Morgan fingerprint density at radius 3 is 2.73 bits per heavy atom. The second-order valence-electron chi connectivity index (χ2n) is 7.75. The van der Waals surface area contributed by atoms with Gasteiger partial charge in [-0.1, -0.05) is 0 Å². The molecule has 0 aliphatic carbocycles. The molecular formula is C20H22F4N4O2. The number of benzene rings is 1. The molecule has 0 unspecified atom stereocenters. The van der Waals surface area contributed by atoms with Crippen molar-refractivity contribution in [3.63, 3.8) is 0 Å². The molecule has 1 saturated heterocycles. The average Bonchev–Trinajstić information content (AvgIpc) is 2.68. The van der Waals surface area contributed by atoms with Gasteiger partial charge in [0.15, 0.2) is 5.82 Å². The van der Waals surface area contributed by atoms with Crippen LogP contribution in [-0.2, 0) is 23.9 Å². The molecule has 2 aliphatic rings. The zero-order chi connectivity index (χ0) is 21.5. The molecule has 0 spiro atoms. The van der Waals surface area contributed by atoms with Crippen LogP contribution in [0, 0.1) is 5.82 Å². The molecule has 10 heteroatoms. The molecule has 0 bridgehead atoms. The normalized spacial score (nSPS) is 20.1. The number of aromatic nitrogens is 2. The maximum absolute atomic E-state index is 14.6. The highest BCUT2D eigenvalue weighted by molar-refractivity contribution is 5.73. The molecule has 162 valence electrons. The Morgan fingerprint density at radius 1 is 1.23 bits per heavy atom. The predicted octanol–water partition coefficient (Wildman–Crippen LogP) is 3.59. The van der Waals surface area contributed by atoms with Gasteiger partial charge < -0.3 is 20.1 Å². The molecule has 1 atom stereocenters. The standard InChI is InChI=1S/C20H22F4N4O2/c1-28-5-2-3-12(9-28)25-19-13-4-6-30-10-14(13)18(26-27-19)17-15(21)7-11(8-16(17)29)20(22,23)24/h7-8,12,29H,2-6,9-10H2,1H3,(H,25,27)/t12-/m1/s1. The third-order valence-corrected chi connectivity index (χ3v) is 5.53. The molecule has 6 nitrogen and oxygen atoms in total. The second-order valence-corrected chi connectivity index (χ2v) is 7.75. The number of likely N-dealkylation sites (N-methyl/N-ethyl adjacent to an activating group) is 1. The lowest BCUT2D eigenvalue weighted by Crippen LogP contribution is -2.40. The fraction of sp³-hybridized carbons (Fsp3) is 0.500. The summed E-state index contributed by atoms with van der Waals surface area (Å²) in [6.07, 6.45) is -2.24. The maximum atomic E-state index is 14.6. The molecule has 1 aromatic heterocycles. The zero-order valence-electron chi connectivity index (χ0n) is 16.4. The SMILES string of the molecule is CN1CCC[C@@H](Nc2nnc(-c3c(O)cc(C(F)(F)F)cc3F)c3c2CCOC3)C1. The lowest BCUT2D eigenvalue weighted by molar-refractivity contribution is -0.137. The fourth-order valence-electron chi connectivity index (χ4n) is 4.06. The Labute approximate surface area is 170 Å². The van der Waals surface area contributed by atoms with Crippen molar-refractivity contribution < 1.29 is 27.4 Å². The molecular weight excluding hydrogens is 404 g/mol.